The highest BCUT2D eigenvalue weighted by atomic mass is 19.1. The first-order valence-electron chi connectivity index (χ1n) is 5.93. The Hall–Kier alpha value is -1.26. The molecule has 1 N–H and O–H groups in total. The molecular weight excluding hydrogens is 233 g/mol. The molecule has 0 unspecified atom stereocenters. The predicted molar refractivity (Wildman–Crippen MR) is 68.9 cm³/mol. The third-order valence-electron chi connectivity index (χ3n) is 2.42. The quantitative estimate of drug-likeness (QED) is 0.838. The summed E-state index contributed by atoms with van der Waals surface area (Å²) in [7, 11) is 1.79. The first kappa shape index (κ1) is 14.8. The molecule has 0 aromatic heterocycles. The number of Topliss-reactive ketones (excluding diaryl/α,β-unsaturated/α-hetero) is 1. The lowest BCUT2D eigenvalue weighted by atomic mass is 10.1. The van der Waals surface area contributed by atoms with Gasteiger partial charge in [-0.1, -0.05) is 12.1 Å². The number of rotatable bonds is 6. The van der Waals surface area contributed by atoms with Gasteiger partial charge in [-0.2, -0.15) is 0 Å². The zero-order valence-corrected chi connectivity index (χ0v) is 11.1. The van der Waals surface area contributed by atoms with E-state index >= 15 is 0 Å². The second-order valence-corrected chi connectivity index (χ2v) is 5.33. The summed E-state index contributed by atoms with van der Waals surface area (Å²) >= 11 is 0. The van der Waals surface area contributed by atoms with Crippen LogP contribution in [0, 0.1) is 5.82 Å². The van der Waals surface area contributed by atoms with E-state index in [-0.39, 0.29) is 24.6 Å². The van der Waals surface area contributed by atoms with Crippen molar-refractivity contribution in [1.29, 1.82) is 0 Å². The van der Waals surface area contributed by atoms with Crippen LogP contribution >= 0.6 is 0 Å². The van der Waals surface area contributed by atoms with Crippen LogP contribution < -0.4 is 0 Å². The van der Waals surface area contributed by atoms with Crippen LogP contribution in [0.25, 0.3) is 0 Å². The number of halogens is 1. The van der Waals surface area contributed by atoms with E-state index in [0.717, 1.165) is 5.56 Å². The van der Waals surface area contributed by atoms with Crippen LogP contribution in [-0.4, -0.2) is 41.5 Å². The summed E-state index contributed by atoms with van der Waals surface area (Å²) in [4.78, 5) is 13.6. The zero-order valence-electron chi connectivity index (χ0n) is 11.1. The van der Waals surface area contributed by atoms with E-state index in [9.17, 15) is 14.3 Å². The lowest BCUT2D eigenvalue weighted by molar-refractivity contribution is -0.119. The van der Waals surface area contributed by atoms with Gasteiger partial charge < -0.3 is 5.11 Å². The molecule has 100 valence electrons. The Bertz CT molecular complexity index is 395. The normalized spacial score (nSPS) is 11.9. The Balaban J connectivity index is 2.44. The fourth-order valence-corrected chi connectivity index (χ4v) is 1.90. The molecular formula is C14H20FNO2. The van der Waals surface area contributed by atoms with Gasteiger partial charge in [-0.25, -0.2) is 4.39 Å². The van der Waals surface area contributed by atoms with Crippen molar-refractivity contribution in [2.75, 3.05) is 20.1 Å². The molecule has 0 aliphatic rings. The molecule has 0 saturated heterocycles. The smallest absolute Gasteiger partial charge is 0.151 e. The molecule has 0 aliphatic heterocycles. The number of benzene rings is 1. The van der Waals surface area contributed by atoms with Crippen molar-refractivity contribution in [2.24, 2.45) is 0 Å². The molecule has 1 aromatic carbocycles. The number of carbonyl (C=O) groups is 1. The average molecular weight is 253 g/mol. The number of nitrogens with zero attached hydrogens (tertiary/aromatic N) is 1. The van der Waals surface area contributed by atoms with Crippen molar-refractivity contribution in [1.82, 2.24) is 4.90 Å². The van der Waals surface area contributed by atoms with Crippen LogP contribution in [0.2, 0.25) is 0 Å². The second kappa shape index (κ2) is 6.07. The van der Waals surface area contributed by atoms with Gasteiger partial charge in [0.1, 0.15) is 5.82 Å². The zero-order chi connectivity index (χ0) is 13.8. The van der Waals surface area contributed by atoms with Gasteiger partial charge in [-0.05, 0) is 38.6 Å². The van der Waals surface area contributed by atoms with Gasteiger partial charge in [0.25, 0.3) is 0 Å². The van der Waals surface area contributed by atoms with Gasteiger partial charge >= 0.3 is 0 Å². The summed E-state index contributed by atoms with van der Waals surface area (Å²) in [6, 6.07) is 5.93. The molecule has 3 nitrogen and oxygen atoms in total. The molecule has 1 aromatic rings. The standard InChI is InChI=1S/C14H20FNO2/c1-14(2,18)10-16(3)9-13(17)8-11-4-6-12(15)7-5-11/h4-7,18H,8-10H2,1-3H3. The number of likely N-dealkylation sites (N-methyl/N-ethyl adjacent to an activating group) is 1. The van der Waals surface area contributed by atoms with Gasteiger partial charge in [0.2, 0.25) is 0 Å². The SMILES string of the molecule is CN(CC(=O)Cc1ccc(F)cc1)CC(C)(C)O. The minimum atomic E-state index is -0.815. The number of hydrogen-bond acceptors (Lipinski definition) is 3. The number of ketones is 1. The molecule has 0 spiro atoms. The van der Waals surface area contributed by atoms with Crippen LogP contribution in [0.5, 0.6) is 0 Å². The fraction of sp³-hybridized carbons (Fsp3) is 0.500. The maximum atomic E-state index is 12.7. The highest BCUT2D eigenvalue weighted by molar-refractivity contribution is 5.82. The lowest BCUT2D eigenvalue weighted by Gasteiger charge is -2.24. The van der Waals surface area contributed by atoms with E-state index < -0.39 is 5.60 Å². The summed E-state index contributed by atoms with van der Waals surface area (Å²) in [5, 5.41) is 9.63. The molecule has 0 amide bonds. The van der Waals surface area contributed by atoms with Crippen molar-refractivity contribution < 1.29 is 14.3 Å². The molecule has 0 saturated carbocycles. The second-order valence-electron chi connectivity index (χ2n) is 5.33. The minimum Gasteiger partial charge on any atom is -0.389 e. The maximum Gasteiger partial charge on any atom is 0.151 e. The van der Waals surface area contributed by atoms with Gasteiger partial charge in [-0.3, -0.25) is 9.69 Å². The summed E-state index contributed by atoms with van der Waals surface area (Å²) in [5.41, 5.74) is -0.0108. The monoisotopic (exact) mass is 253 g/mol. The number of hydrogen-bond donors (Lipinski definition) is 1. The van der Waals surface area contributed by atoms with Crippen LogP contribution in [0.3, 0.4) is 0 Å². The molecule has 0 heterocycles. The van der Waals surface area contributed by atoms with Crippen molar-refractivity contribution >= 4 is 5.78 Å². The van der Waals surface area contributed by atoms with E-state index in [4.69, 9.17) is 0 Å². The Kier molecular flexibility index (Phi) is 4.99. The number of carbonyl (C=O) groups excluding carboxylic acids is 1. The third kappa shape index (κ3) is 5.89. The topological polar surface area (TPSA) is 40.5 Å². The summed E-state index contributed by atoms with van der Waals surface area (Å²) in [5.74, 6) is -0.251. The molecule has 0 atom stereocenters. The largest absolute Gasteiger partial charge is 0.389 e. The predicted octanol–water partition coefficient (Wildman–Crippen LogP) is 1.64. The molecule has 0 bridgehead atoms. The van der Waals surface area contributed by atoms with Crippen molar-refractivity contribution in [2.45, 2.75) is 25.9 Å². The van der Waals surface area contributed by atoms with Gasteiger partial charge in [0.05, 0.1) is 12.1 Å². The molecule has 0 fully saturated rings. The first-order valence-corrected chi connectivity index (χ1v) is 5.93. The molecule has 0 radical (unpaired) electrons. The third-order valence-corrected chi connectivity index (χ3v) is 2.42. The van der Waals surface area contributed by atoms with Crippen LogP contribution in [-0.2, 0) is 11.2 Å². The van der Waals surface area contributed by atoms with Crippen molar-refractivity contribution in [3.05, 3.63) is 35.6 Å². The van der Waals surface area contributed by atoms with E-state index in [2.05, 4.69) is 0 Å². The highest BCUT2D eigenvalue weighted by Gasteiger charge is 2.17. The average Bonchev–Trinajstić information content (AvgIpc) is 2.18. The number of aliphatic hydroxyl groups is 1. The Labute approximate surface area is 107 Å². The summed E-state index contributed by atoms with van der Waals surface area (Å²) < 4.78 is 12.7. The van der Waals surface area contributed by atoms with E-state index in [1.54, 1.807) is 37.9 Å². The molecule has 4 heteroatoms. The van der Waals surface area contributed by atoms with E-state index in [1.807, 2.05) is 0 Å². The van der Waals surface area contributed by atoms with Crippen molar-refractivity contribution in [3.63, 3.8) is 0 Å². The molecule has 0 aliphatic carbocycles. The minimum absolute atomic E-state index is 0.0494. The van der Waals surface area contributed by atoms with Gasteiger partial charge in [0.15, 0.2) is 5.78 Å². The molecule has 18 heavy (non-hydrogen) atoms. The van der Waals surface area contributed by atoms with Crippen LogP contribution in [0.15, 0.2) is 24.3 Å². The fourth-order valence-electron chi connectivity index (χ4n) is 1.90. The van der Waals surface area contributed by atoms with E-state index in [1.165, 1.54) is 12.1 Å². The van der Waals surface area contributed by atoms with Crippen LogP contribution in [0.4, 0.5) is 4.39 Å². The Morgan fingerprint density at radius 3 is 2.39 bits per heavy atom. The van der Waals surface area contributed by atoms with E-state index in [0.29, 0.717) is 6.54 Å². The van der Waals surface area contributed by atoms with Crippen molar-refractivity contribution in [3.8, 4) is 0 Å². The highest BCUT2D eigenvalue weighted by Crippen LogP contribution is 2.06. The van der Waals surface area contributed by atoms with Gasteiger partial charge in [0, 0.05) is 13.0 Å². The van der Waals surface area contributed by atoms with Crippen LogP contribution in [0.1, 0.15) is 19.4 Å². The first-order chi connectivity index (χ1) is 8.26. The maximum absolute atomic E-state index is 12.7. The summed E-state index contributed by atoms with van der Waals surface area (Å²) in [6.45, 7) is 4.12. The Morgan fingerprint density at radius 2 is 1.89 bits per heavy atom. The van der Waals surface area contributed by atoms with Gasteiger partial charge in [-0.15, -0.1) is 0 Å². The molecule has 1 rings (SSSR count). The summed E-state index contributed by atoms with van der Waals surface area (Å²) in [6.07, 6.45) is 0.288. The lowest BCUT2D eigenvalue weighted by Crippen LogP contribution is -2.39. The Morgan fingerprint density at radius 1 is 1.33 bits per heavy atom.